The Morgan fingerprint density at radius 1 is 1.11 bits per heavy atom. The summed E-state index contributed by atoms with van der Waals surface area (Å²) in [4.78, 5) is 22.3. The molecule has 0 unspecified atom stereocenters. The summed E-state index contributed by atoms with van der Waals surface area (Å²) in [5.41, 5.74) is 3.37. The first-order valence-corrected chi connectivity index (χ1v) is 12.4. The van der Waals surface area contributed by atoms with E-state index in [9.17, 15) is 4.79 Å². The Hall–Kier alpha value is -3.65. The van der Waals surface area contributed by atoms with Crippen LogP contribution in [0, 0.1) is 12.8 Å². The summed E-state index contributed by atoms with van der Waals surface area (Å²) in [7, 11) is 0. The van der Waals surface area contributed by atoms with Crippen LogP contribution in [0.2, 0.25) is 0 Å². The van der Waals surface area contributed by atoms with Crippen molar-refractivity contribution >= 4 is 11.6 Å². The topological polar surface area (TPSA) is 95.2 Å². The van der Waals surface area contributed by atoms with Crippen molar-refractivity contribution in [1.82, 2.24) is 10.3 Å². The van der Waals surface area contributed by atoms with Crippen LogP contribution in [0.5, 0.6) is 5.75 Å². The molecule has 190 valence electrons. The third kappa shape index (κ3) is 7.18. The molecule has 8 heteroatoms. The molecule has 8 nitrogen and oxygen atoms in total. The molecule has 1 amide bonds. The van der Waals surface area contributed by atoms with Gasteiger partial charge in [0.05, 0.1) is 5.71 Å². The molecule has 0 spiro atoms. The molecule has 1 aliphatic rings. The summed E-state index contributed by atoms with van der Waals surface area (Å²) >= 11 is 0. The predicted molar refractivity (Wildman–Crippen MR) is 137 cm³/mol. The van der Waals surface area contributed by atoms with Gasteiger partial charge in [-0.25, -0.2) is 4.98 Å². The van der Waals surface area contributed by atoms with Gasteiger partial charge in [-0.2, -0.15) is 0 Å². The summed E-state index contributed by atoms with van der Waals surface area (Å²) in [5.74, 6) is 2.27. The van der Waals surface area contributed by atoms with Gasteiger partial charge in [0.1, 0.15) is 17.2 Å². The Balaban J connectivity index is 1.26. The highest BCUT2D eigenvalue weighted by Crippen LogP contribution is 2.22. The number of ether oxygens (including phenoxy) is 2. The predicted octanol–water partition coefficient (Wildman–Crippen LogP) is 4.90. The molecule has 3 aromatic rings. The van der Waals surface area contributed by atoms with Crippen molar-refractivity contribution in [2.45, 2.75) is 39.7 Å². The van der Waals surface area contributed by atoms with Crippen LogP contribution in [0.4, 0.5) is 0 Å². The van der Waals surface area contributed by atoms with Crippen LogP contribution < -0.4 is 10.1 Å². The minimum atomic E-state index is -0.117. The van der Waals surface area contributed by atoms with Gasteiger partial charge < -0.3 is 24.0 Å². The number of oxime groups is 1. The molecule has 0 saturated carbocycles. The van der Waals surface area contributed by atoms with E-state index in [0.29, 0.717) is 42.0 Å². The molecule has 0 bridgehead atoms. The van der Waals surface area contributed by atoms with E-state index in [0.717, 1.165) is 42.9 Å². The fourth-order valence-corrected chi connectivity index (χ4v) is 3.91. The molecule has 4 rings (SSSR count). The molecule has 36 heavy (non-hydrogen) atoms. The Kier molecular flexibility index (Phi) is 9.10. The summed E-state index contributed by atoms with van der Waals surface area (Å²) in [6.45, 7) is 6.30. The number of benzene rings is 2. The normalized spacial score (nSPS) is 14.4. The van der Waals surface area contributed by atoms with Crippen molar-refractivity contribution in [2.75, 3.05) is 26.4 Å². The van der Waals surface area contributed by atoms with E-state index in [4.69, 9.17) is 18.7 Å². The van der Waals surface area contributed by atoms with Crippen LogP contribution in [0.15, 0.2) is 64.2 Å². The fraction of sp³-hybridized carbons (Fsp3) is 0.393. The highest BCUT2D eigenvalue weighted by molar-refractivity contribution is 6.00. The molecule has 2 heterocycles. The lowest BCUT2D eigenvalue weighted by molar-refractivity contribution is -0.123. The number of nitrogens with one attached hydrogen (secondary N) is 1. The lowest BCUT2D eigenvalue weighted by atomic mass is 10.0. The molecule has 2 aromatic carbocycles. The summed E-state index contributed by atoms with van der Waals surface area (Å²) in [6, 6.07) is 17.2. The number of carbonyl (C=O) groups excluding carboxylic acids is 1. The minimum absolute atomic E-state index is 0.0115. The Morgan fingerprint density at radius 2 is 1.86 bits per heavy atom. The largest absolute Gasteiger partial charge is 0.484 e. The minimum Gasteiger partial charge on any atom is -0.484 e. The van der Waals surface area contributed by atoms with E-state index in [1.807, 2.05) is 68.4 Å². The third-order valence-electron chi connectivity index (χ3n) is 6.11. The van der Waals surface area contributed by atoms with Crippen molar-refractivity contribution in [3.8, 4) is 17.2 Å². The summed E-state index contributed by atoms with van der Waals surface area (Å²) < 4.78 is 16.8. The number of hydrogen-bond acceptors (Lipinski definition) is 7. The average molecular weight is 492 g/mol. The van der Waals surface area contributed by atoms with Crippen LogP contribution >= 0.6 is 0 Å². The maximum atomic E-state index is 12.1. The van der Waals surface area contributed by atoms with E-state index in [1.54, 1.807) is 0 Å². The highest BCUT2D eigenvalue weighted by atomic mass is 16.6. The van der Waals surface area contributed by atoms with Gasteiger partial charge in [-0.05, 0) is 74.1 Å². The Bertz CT molecular complexity index is 1140. The second-order valence-electron chi connectivity index (χ2n) is 8.73. The number of aromatic nitrogens is 1. The molecule has 1 saturated heterocycles. The first-order chi connectivity index (χ1) is 17.6. The maximum Gasteiger partial charge on any atom is 0.257 e. The van der Waals surface area contributed by atoms with E-state index < -0.39 is 0 Å². The first-order valence-electron chi connectivity index (χ1n) is 12.4. The van der Waals surface area contributed by atoms with Crippen LogP contribution in [-0.4, -0.2) is 43.0 Å². The van der Waals surface area contributed by atoms with E-state index >= 15 is 0 Å². The van der Waals surface area contributed by atoms with E-state index in [-0.39, 0.29) is 19.1 Å². The summed E-state index contributed by atoms with van der Waals surface area (Å²) in [6.07, 6.45) is 2.67. The standard InChI is InChI=1S/C28H33N3O5/c1-3-25(31-35-18-26-20(2)36-28(30-26)23-7-5-4-6-8-23)22-9-11-24(12-10-22)34-19-27(32)29-17-21-13-15-33-16-14-21/h4-12,21H,3,13-19H2,1-2H3,(H,29,32)/b31-25+. The fourth-order valence-electron chi connectivity index (χ4n) is 3.91. The molecular weight excluding hydrogens is 458 g/mol. The van der Waals surface area contributed by atoms with E-state index in [1.165, 1.54) is 0 Å². The van der Waals surface area contributed by atoms with Crippen molar-refractivity contribution in [3.63, 3.8) is 0 Å². The maximum absolute atomic E-state index is 12.1. The van der Waals surface area contributed by atoms with Crippen molar-refractivity contribution < 1.29 is 23.5 Å². The van der Waals surface area contributed by atoms with Gasteiger partial charge in [0.25, 0.3) is 5.91 Å². The van der Waals surface area contributed by atoms with Crippen LogP contribution in [0.3, 0.4) is 0 Å². The zero-order valence-electron chi connectivity index (χ0n) is 20.9. The molecule has 1 N–H and O–H groups in total. The van der Waals surface area contributed by atoms with Gasteiger partial charge in [-0.15, -0.1) is 0 Å². The van der Waals surface area contributed by atoms with Gasteiger partial charge >= 0.3 is 0 Å². The van der Waals surface area contributed by atoms with Crippen LogP contribution in [0.1, 0.15) is 43.2 Å². The van der Waals surface area contributed by atoms with Crippen molar-refractivity contribution in [3.05, 3.63) is 71.6 Å². The second-order valence-corrected chi connectivity index (χ2v) is 8.73. The highest BCUT2D eigenvalue weighted by Gasteiger charge is 2.15. The molecule has 1 aromatic heterocycles. The molecule has 0 radical (unpaired) electrons. The molecular formula is C28H33N3O5. The summed E-state index contributed by atoms with van der Waals surface area (Å²) in [5, 5.41) is 7.27. The van der Waals surface area contributed by atoms with Gasteiger partial charge in [0, 0.05) is 25.3 Å². The zero-order chi connectivity index (χ0) is 25.2. The first kappa shape index (κ1) is 25.4. The molecule has 0 atom stereocenters. The lowest BCUT2D eigenvalue weighted by Crippen LogP contribution is -2.35. The average Bonchev–Trinajstić information content (AvgIpc) is 3.30. The van der Waals surface area contributed by atoms with Crippen LogP contribution in [0.25, 0.3) is 11.5 Å². The quantitative estimate of drug-likeness (QED) is 0.303. The second kappa shape index (κ2) is 12.9. The number of rotatable bonds is 11. The SMILES string of the molecule is CC/C(=N\OCc1nc(-c2ccccc2)oc1C)c1ccc(OCC(=O)NCC2CCOCC2)cc1. The Morgan fingerprint density at radius 3 is 2.58 bits per heavy atom. The van der Waals surface area contributed by atoms with Crippen molar-refractivity contribution in [2.24, 2.45) is 11.1 Å². The van der Waals surface area contributed by atoms with Gasteiger partial charge in [-0.1, -0.05) is 30.3 Å². The molecule has 0 aliphatic carbocycles. The lowest BCUT2D eigenvalue weighted by Gasteiger charge is -2.22. The number of nitrogens with zero attached hydrogens (tertiary/aromatic N) is 2. The number of aryl methyl sites for hydroxylation is 1. The van der Waals surface area contributed by atoms with Crippen molar-refractivity contribution in [1.29, 1.82) is 0 Å². The van der Waals surface area contributed by atoms with Gasteiger partial charge in [0.15, 0.2) is 13.2 Å². The third-order valence-corrected chi connectivity index (χ3v) is 6.11. The molecule has 1 aliphatic heterocycles. The van der Waals surface area contributed by atoms with Crippen LogP contribution in [-0.2, 0) is 21.0 Å². The Labute approximate surface area is 211 Å². The zero-order valence-corrected chi connectivity index (χ0v) is 20.9. The monoisotopic (exact) mass is 491 g/mol. The van der Waals surface area contributed by atoms with E-state index in [2.05, 4.69) is 15.5 Å². The van der Waals surface area contributed by atoms with Gasteiger partial charge in [0.2, 0.25) is 5.89 Å². The smallest absolute Gasteiger partial charge is 0.257 e. The number of oxazole rings is 1. The molecule has 1 fully saturated rings. The number of carbonyl (C=O) groups is 1. The number of hydrogen-bond donors (Lipinski definition) is 1. The number of amides is 1. The van der Waals surface area contributed by atoms with Gasteiger partial charge in [-0.3, -0.25) is 4.79 Å².